The number of hydrogen-bond acceptors (Lipinski definition) is 2. The standard InChI is InChI=1S/C17H19NO2/c1-11-7-12(2)9-15(8-11)18(4)14-5-6-16(17(19)20)13(3)10-14/h5-10H,1-4H3,(H,19,20). The third kappa shape index (κ3) is 2.82. The van der Waals surface area contributed by atoms with Gasteiger partial charge in [-0.3, -0.25) is 0 Å². The van der Waals surface area contributed by atoms with Crippen LogP contribution in [-0.4, -0.2) is 18.1 Å². The summed E-state index contributed by atoms with van der Waals surface area (Å²) in [7, 11) is 1.99. The van der Waals surface area contributed by atoms with E-state index in [2.05, 4.69) is 36.9 Å². The zero-order valence-electron chi connectivity index (χ0n) is 12.3. The number of aryl methyl sites for hydroxylation is 3. The van der Waals surface area contributed by atoms with Crippen LogP contribution in [0.5, 0.6) is 0 Å². The van der Waals surface area contributed by atoms with Gasteiger partial charge in [-0.2, -0.15) is 0 Å². The Kier molecular flexibility index (Phi) is 3.79. The molecule has 0 aliphatic rings. The van der Waals surface area contributed by atoms with Gasteiger partial charge in [-0.1, -0.05) is 6.07 Å². The first-order valence-electron chi connectivity index (χ1n) is 6.54. The van der Waals surface area contributed by atoms with Crippen LogP contribution >= 0.6 is 0 Å². The van der Waals surface area contributed by atoms with Crippen molar-refractivity contribution in [3.8, 4) is 0 Å². The molecule has 0 aliphatic carbocycles. The number of anilines is 2. The predicted molar refractivity (Wildman–Crippen MR) is 82.1 cm³/mol. The van der Waals surface area contributed by atoms with Gasteiger partial charge in [-0.05, 0) is 67.8 Å². The van der Waals surface area contributed by atoms with Crippen molar-refractivity contribution in [3.05, 3.63) is 58.7 Å². The van der Waals surface area contributed by atoms with E-state index in [0.29, 0.717) is 5.56 Å². The molecule has 3 nitrogen and oxygen atoms in total. The summed E-state index contributed by atoms with van der Waals surface area (Å²) in [5.74, 6) is -0.886. The average molecular weight is 269 g/mol. The Morgan fingerprint density at radius 2 is 1.55 bits per heavy atom. The van der Waals surface area contributed by atoms with Crippen LogP contribution in [0.2, 0.25) is 0 Å². The van der Waals surface area contributed by atoms with Gasteiger partial charge in [0.1, 0.15) is 0 Å². The van der Waals surface area contributed by atoms with Gasteiger partial charge in [0.25, 0.3) is 0 Å². The second-order valence-corrected chi connectivity index (χ2v) is 5.21. The molecule has 0 fully saturated rings. The first kappa shape index (κ1) is 14.1. The number of hydrogen-bond donors (Lipinski definition) is 1. The van der Waals surface area contributed by atoms with E-state index in [9.17, 15) is 4.79 Å². The van der Waals surface area contributed by atoms with Gasteiger partial charge < -0.3 is 10.0 Å². The number of rotatable bonds is 3. The molecule has 0 aromatic heterocycles. The highest BCUT2D eigenvalue weighted by atomic mass is 16.4. The van der Waals surface area contributed by atoms with Crippen molar-refractivity contribution >= 4 is 17.3 Å². The van der Waals surface area contributed by atoms with E-state index in [1.807, 2.05) is 26.1 Å². The molecule has 0 atom stereocenters. The number of carboxylic acids is 1. The fourth-order valence-corrected chi connectivity index (χ4v) is 2.39. The number of carbonyl (C=O) groups is 1. The van der Waals surface area contributed by atoms with Gasteiger partial charge in [0.15, 0.2) is 0 Å². The lowest BCUT2D eigenvalue weighted by Gasteiger charge is -2.21. The van der Waals surface area contributed by atoms with Crippen LogP contribution in [0.4, 0.5) is 11.4 Å². The quantitative estimate of drug-likeness (QED) is 0.912. The van der Waals surface area contributed by atoms with Crippen molar-refractivity contribution < 1.29 is 9.90 Å². The smallest absolute Gasteiger partial charge is 0.335 e. The second kappa shape index (κ2) is 5.37. The Labute approximate surface area is 119 Å². The molecule has 0 saturated heterocycles. The molecule has 3 heteroatoms. The maximum absolute atomic E-state index is 11.0. The molecule has 2 rings (SSSR count). The molecule has 2 aromatic carbocycles. The maximum Gasteiger partial charge on any atom is 0.335 e. The zero-order valence-corrected chi connectivity index (χ0v) is 12.3. The summed E-state index contributed by atoms with van der Waals surface area (Å²) in [4.78, 5) is 13.1. The Balaban J connectivity index is 2.40. The van der Waals surface area contributed by atoms with Gasteiger partial charge in [-0.25, -0.2) is 4.79 Å². The van der Waals surface area contributed by atoms with Gasteiger partial charge in [0, 0.05) is 18.4 Å². The largest absolute Gasteiger partial charge is 0.478 e. The van der Waals surface area contributed by atoms with Crippen molar-refractivity contribution in [1.82, 2.24) is 0 Å². The summed E-state index contributed by atoms with van der Waals surface area (Å²) in [5, 5.41) is 9.07. The van der Waals surface area contributed by atoms with Gasteiger partial charge in [0.05, 0.1) is 5.56 Å². The number of nitrogens with zero attached hydrogens (tertiary/aromatic N) is 1. The Hall–Kier alpha value is -2.29. The molecule has 0 saturated carbocycles. The third-order valence-corrected chi connectivity index (χ3v) is 3.42. The molecule has 0 radical (unpaired) electrons. The highest BCUT2D eigenvalue weighted by Gasteiger charge is 2.10. The minimum absolute atomic E-state index is 0.350. The van der Waals surface area contributed by atoms with Gasteiger partial charge >= 0.3 is 5.97 Å². The fourth-order valence-electron chi connectivity index (χ4n) is 2.39. The summed E-state index contributed by atoms with van der Waals surface area (Å²) in [6.45, 7) is 5.97. The SMILES string of the molecule is Cc1cc(C)cc(N(C)c2ccc(C(=O)O)c(C)c2)c1. The van der Waals surface area contributed by atoms with Crippen LogP contribution in [0.15, 0.2) is 36.4 Å². The average Bonchev–Trinajstić information content (AvgIpc) is 2.36. The summed E-state index contributed by atoms with van der Waals surface area (Å²) >= 11 is 0. The van der Waals surface area contributed by atoms with Crippen LogP contribution in [0.3, 0.4) is 0 Å². The second-order valence-electron chi connectivity index (χ2n) is 5.21. The summed E-state index contributed by atoms with van der Waals surface area (Å²) in [6, 6.07) is 11.8. The minimum atomic E-state index is -0.886. The van der Waals surface area contributed by atoms with Gasteiger partial charge in [0.2, 0.25) is 0 Å². The lowest BCUT2D eigenvalue weighted by molar-refractivity contribution is 0.0696. The fraction of sp³-hybridized carbons (Fsp3) is 0.235. The molecule has 0 aliphatic heterocycles. The molecule has 0 bridgehead atoms. The number of aromatic carboxylic acids is 1. The Morgan fingerprint density at radius 3 is 2.05 bits per heavy atom. The molecule has 0 spiro atoms. The number of benzene rings is 2. The molecule has 1 N–H and O–H groups in total. The molecule has 0 amide bonds. The highest BCUT2D eigenvalue weighted by molar-refractivity contribution is 5.90. The van der Waals surface area contributed by atoms with E-state index in [-0.39, 0.29) is 0 Å². The van der Waals surface area contributed by atoms with Crippen LogP contribution in [0.1, 0.15) is 27.0 Å². The normalized spacial score (nSPS) is 10.4. The van der Waals surface area contributed by atoms with E-state index in [0.717, 1.165) is 16.9 Å². The monoisotopic (exact) mass is 269 g/mol. The highest BCUT2D eigenvalue weighted by Crippen LogP contribution is 2.27. The van der Waals surface area contributed by atoms with Crippen molar-refractivity contribution in [2.24, 2.45) is 0 Å². The first-order valence-corrected chi connectivity index (χ1v) is 6.54. The Morgan fingerprint density at radius 1 is 0.950 bits per heavy atom. The first-order chi connectivity index (χ1) is 9.38. The lowest BCUT2D eigenvalue weighted by atomic mass is 10.1. The summed E-state index contributed by atoms with van der Waals surface area (Å²) in [5.41, 5.74) is 5.63. The molecular weight excluding hydrogens is 250 g/mol. The molecule has 0 unspecified atom stereocenters. The number of carboxylic acid groups (broad SMARTS) is 1. The molecule has 20 heavy (non-hydrogen) atoms. The predicted octanol–water partition coefficient (Wildman–Crippen LogP) is 4.08. The summed E-state index contributed by atoms with van der Waals surface area (Å²) < 4.78 is 0. The van der Waals surface area contributed by atoms with Crippen LogP contribution in [0, 0.1) is 20.8 Å². The van der Waals surface area contributed by atoms with E-state index in [4.69, 9.17) is 5.11 Å². The minimum Gasteiger partial charge on any atom is -0.478 e. The molecule has 104 valence electrons. The Bertz CT molecular complexity index is 642. The van der Waals surface area contributed by atoms with Gasteiger partial charge in [-0.15, -0.1) is 0 Å². The van der Waals surface area contributed by atoms with Crippen LogP contribution in [-0.2, 0) is 0 Å². The van der Waals surface area contributed by atoms with E-state index in [1.165, 1.54) is 11.1 Å². The van der Waals surface area contributed by atoms with E-state index >= 15 is 0 Å². The zero-order chi connectivity index (χ0) is 14.9. The van der Waals surface area contributed by atoms with Crippen molar-refractivity contribution in [2.75, 3.05) is 11.9 Å². The van der Waals surface area contributed by atoms with Crippen LogP contribution < -0.4 is 4.90 Å². The topological polar surface area (TPSA) is 40.5 Å². The van der Waals surface area contributed by atoms with Crippen molar-refractivity contribution in [2.45, 2.75) is 20.8 Å². The van der Waals surface area contributed by atoms with E-state index < -0.39 is 5.97 Å². The lowest BCUT2D eigenvalue weighted by Crippen LogP contribution is -2.11. The maximum atomic E-state index is 11.0. The van der Waals surface area contributed by atoms with Crippen molar-refractivity contribution in [3.63, 3.8) is 0 Å². The third-order valence-electron chi connectivity index (χ3n) is 3.42. The van der Waals surface area contributed by atoms with Crippen LogP contribution in [0.25, 0.3) is 0 Å². The molecule has 2 aromatic rings. The molecule has 0 heterocycles. The summed E-state index contributed by atoms with van der Waals surface area (Å²) in [6.07, 6.45) is 0. The molecular formula is C17H19NO2. The van der Waals surface area contributed by atoms with E-state index in [1.54, 1.807) is 6.07 Å². The van der Waals surface area contributed by atoms with Crippen molar-refractivity contribution in [1.29, 1.82) is 0 Å².